The summed E-state index contributed by atoms with van der Waals surface area (Å²) in [5.74, 6) is 2.43. The molecular weight excluding hydrogens is 415 g/mol. The van der Waals surface area contributed by atoms with Gasteiger partial charge in [0.1, 0.15) is 12.4 Å². The van der Waals surface area contributed by atoms with Crippen molar-refractivity contribution >= 4 is 5.95 Å². The molecule has 3 heterocycles. The lowest BCUT2D eigenvalue weighted by Gasteiger charge is -2.66. The molecule has 2 saturated carbocycles. The Morgan fingerprint density at radius 3 is 2.76 bits per heavy atom. The van der Waals surface area contributed by atoms with E-state index in [1.807, 2.05) is 6.07 Å². The highest BCUT2D eigenvalue weighted by Gasteiger charge is 2.76. The number of phenolic OH excluding ortho intramolecular Hbond substituents is 1. The van der Waals surface area contributed by atoms with Crippen molar-refractivity contribution in [2.75, 3.05) is 31.2 Å². The molecule has 0 spiro atoms. The van der Waals surface area contributed by atoms with E-state index >= 15 is 0 Å². The molecule has 3 aliphatic carbocycles. The monoisotopic (exact) mass is 448 g/mol. The third-order valence-electron chi connectivity index (χ3n) is 10.2. The predicted molar refractivity (Wildman–Crippen MR) is 125 cm³/mol. The summed E-state index contributed by atoms with van der Waals surface area (Å²) in [6.07, 6.45) is 5.60. The van der Waals surface area contributed by atoms with Crippen LogP contribution in [0.25, 0.3) is 0 Å². The smallest absolute Gasteiger partial charge is 0.226 e. The van der Waals surface area contributed by atoms with Crippen LogP contribution in [0.15, 0.2) is 24.3 Å². The standard InChI is InChI=1S/C27H33FN4O/c1-16-11-17(2)30-25(29-16)32-15-19-14-26-6-5-22(32)24(19)27(26)7-9-31(10-8-28)23(26)12-18-3-4-20(33)13-21(18)27/h3-4,11,13,19,22-24,33H,5-10,12,14-15H2,1-2H3/t19-,22?,23?,24?,26?,27?/m1/s1. The molecule has 2 aliphatic heterocycles. The summed E-state index contributed by atoms with van der Waals surface area (Å²) in [5, 5.41) is 10.5. The number of aromatic nitrogens is 2. The Bertz CT molecular complexity index is 1120. The number of benzene rings is 1. The number of piperidine rings is 1. The number of nitrogens with zero attached hydrogens (tertiary/aromatic N) is 4. The van der Waals surface area contributed by atoms with Gasteiger partial charge in [0.25, 0.3) is 0 Å². The normalized spacial score (nSPS) is 38.3. The van der Waals surface area contributed by atoms with Crippen LogP contribution in [-0.2, 0) is 11.8 Å². The summed E-state index contributed by atoms with van der Waals surface area (Å²) < 4.78 is 13.6. The summed E-state index contributed by atoms with van der Waals surface area (Å²) in [7, 11) is 0. The Morgan fingerprint density at radius 1 is 1.15 bits per heavy atom. The van der Waals surface area contributed by atoms with E-state index in [1.54, 1.807) is 0 Å². The van der Waals surface area contributed by atoms with Gasteiger partial charge in [0.2, 0.25) is 5.95 Å². The van der Waals surface area contributed by atoms with Crippen molar-refractivity contribution in [1.82, 2.24) is 14.9 Å². The molecule has 174 valence electrons. The van der Waals surface area contributed by atoms with Gasteiger partial charge in [-0.2, -0.15) is 0 Å². The number of hydrogen-bond acceptors (Lipinski definition) is 5. The highest BCUT2D eigenvalue weighted by atomic mass is 19.1. The molecule has 2 saturated heterocycles. The molecule has 33 heavy (non-hydrogen) atoms. The lowest BCUT2D eigenvalue weighted by Crippen LogP contribution is -2.69. The fourth-order valence-corrected chi connectivity index (χ4v) is 9.54. The first-order valence-electron chi connectivity index (χ1n) is 12.7. The Morgan fingerprint density at radius 2 is 1.97 bits per heavy atom. The number of rotatable bonds is 3. The summed E-state index contributed by atoms with van der Waals surface area (Å²) in [6.45, 7) is 6.38. The van der Waals surface area contributed by atoms with Gasteiger partial charge in [-0.25, -0.2) is 14.4 Å². The van der Waals surface area contributed by atoms with Crippen molar-refractivity contribution in [1.29, 1.82) is 0 Å². The minimum absolute atomic E-state index is 0.0675. The van der Waals surface area contributed by atoms with Crippen LogP contribution in [0.5, 0.6) is 5.75 Å². The molecule has 0 radical (unpaired) electrons. The molecule has 0 amide bonds. The molecule has 4 bridgehead atoms. The fourth-order valence-electron chi connectivity index (χ4n) is 9.54. The van der Waals surface area contributed by atoms with Crippen LogP contribution in [0.1, 0.15) is 48.2 Å². The van der Waals surface area contributed by atoms with E-state index < -0.39 is 0 Å². The van der Waals surface area contributed by atoms with Crippen LogP contribution in [0.3, 0.4) is 0 Å². The quantitative estimate of drug-likeness (QED) is 0.771. The molecule has 2 aromatic rings. The van der Waals surface area contributed by atoms with Gasteiger partial charge in [0, 0.05) is 42.0 Å². The van der Waals surface area contributed by atoms with Crippen LogP contribution in [0, 0.1) is 31.1 Å². The van der Waals surface area contributed by atoms with Crippen molar-refractivity contribution in [2.24, 2.45) is 17.3 Å². The minimum atomic E-state index is -0.269. The van der Waals surface area contributed by atoms with Crippen LogP contribution in [0.2, 0.25) is 0 Å². The van der Waals surface area contributed by atoms with Gasteiger partial charge in [0.15, 0.2) is 0 Å². The van der Waals surface area contributed by atoms with E-state index in [0.717, 1.165) is 49.7 Å². The minimum Gasteiger partial charge on any atom is -0.508 e. The zero-order chi connectivity index (χ0) is 22.5. The highest BCUT2D eigenvalue weighted by Crippen LogP contribution is 2.75. The maximum Gasteiger partial charge on any atom is 0.226 e. The number of alkyl halides is 1. The third kappa shape index (κ3) is 2.41. The average Bonchev–Trinajstić information content (AvgIpc) is 3.22. The second kappa shape index (κ2) is 6.68. The molecule has 5 aliphatic rings. The maximum atomic E-state index is 13.6. The average molecular weight is 449 g/mol. The number of fused-ring (bicyclic) bond motifs is 1. The highest BCUT2D eigenvalue weighted by molar-refractivity contribution is 5.53. The van der Waals surface area contributed by atoms with Crippen LogP contribution in [-0.4, -0.2) is 58.4 Å². The van der Waals surface area contributed by atoms with Gasteiger partial charge in [-0.1, -0.05) is 6.07 Å². The van der Waals surface area contributed by atoms with Gasteiger partial charge in [-0.3, -0.25) is 4.90 Å². The molecular formula is C27H33FN4O. The van der Waals surface area contributed by atoms with Crippen LogP contribution in [0.4, 0.5) is 10.3 Å². The van der Waals surface area contributed by atoms with Crippen LogP contribution < -0.4 is 4.90 Å². The number of anilines is 1. The van der Waals surface area contributed by atoms with E-state index in [1.165, 1.54) is 24.0 Å². The maximum absolute atomic E-state index is 13.6. The van der Waals surface area contributed by atoms with Crippen LogP contribution >= 0.6 is 0 Å². The number of halogens is 1. The molecule has 7 rings (SSSR count). The number of aryl methyl sites for hydroxylation is 2. The van der Waals surface area contributed by atoms with Crippen molar-refractivity contribution in [3.63, 3.8) is 0 Å². The van der Waals surface area contributed by atoms with E-state index in [2.05, 4.69) is 41.8 Å². The lowest BCUT2D eigenvalue weighted by atomic mass is 9.43. The topological polar surface area (TPSA) is 52.5 Å². The van der Waals surface area contributed by atoms with E-state index in [4.69, 9.17) is 9.97 Å². The number of aromatic hydroxyl groups is 1. The zero-order valence-corrected chi connectivity index (χ0v) is 19.6. The molecule has 4 fully saturated rings. The molecule has 1 aromatic carbocycles. The van der Waals surface area contributed by atoms with Gasteiger partial charge in [0.05, 0.1) is 0 Å². The molecule has 6 atom stereocenters. The molecule has 1 N–H and O–H groups in total. The number of phenols is 1. The molecule has 5 nitrogen and oxygen atoms in total. The van der Waals surface area contributed by atoms with E-state index in [-0.39, 0.29) is 17.5 Å². The van der Waals surface area contributed by atoms with E-state index in [9.17, 15) is 9.50 Å². The van der Waals surface area contributed by atoms with Crippen molar-refractivity contribution < 1.29 is 9.50 Å². The first-order valence-corrected chi connectivity index (χ1v) is 12.7. The molecule has 1 aromatic heterocycles. The van der Waals surface area contributed by atoms with Gasteiger partial charge >= 0.3 is 0 Å². The second-order valence-electron chi connectivity index (χ2n) is 11.4. The molecule has 5 unspecified atom stereocenters. The van der Waals surface area contributed by atoms with Gasteiger partial charge in [-0.15, -0.1) is 0 Å². The van der Waals surface area contributed by atoms with Crippen molar-refractivity contribution in [2.45, 2.75) is 63.5 Å². The fraction of sp³-hybridized carbons (Fsp3) is 0.630. The molecule has 6 heteroatoms. The number of likely N-dealkylation sites (tertiary alicyclic amines) is 1. The second-order valence-corrected chi connectivity index (χ2v) is 11.4. The first kappa shape index (κ1) is 20.2. The SMILES string of the molecule is Cc1cc(C)nc(N2C[C@H]3CC45CCC2C3C42CCN(CCF)C5Cc3ccc(O)cc32)n1. The number of hydrogen-bond donors (Lipinski definition) is 1. The Hall–Kier alpha value is -2.21. The van der Waals surface area contributed by atoms with Crippen molar-refractivity contribution in [3.8, 4) is 5.75 Å². The first-order chi connectivity index (χ1) is 16.0. The summed E-state index contributed by atoms with van der Waals surface area (Å²) in [4.78, 5) is 14.7. The third-order valence-corrected chi connectivity index (χ3v) is 10.2. The largest absolute Gasteiger partial charge is 0.508 e. The summed E-state index contributed by atoms with van der Waals surface area (Å²) in [6, 6.07) is 8.98. The lowest BCUT2D eigenvalue weighted by molar-refractivity contribution is -0.0918. The van der Waals surface area contributed by atoms with Gasteiger partial charge < -0.3 is 10.0 Å². The van der Waals surface area contributed by atoms with E-state index in [0.29, 0.717) is 36.2 Å². The van der Waals surface area contributed by atoms with Crippen molar-refractivity contribution in [3.05, 3.63) is 46.8 Å². The Balaban J connectivity index is 1.39. The Labute approximate surface area is 195 Å². The van der Waals surface area contributed by atoms with Gasteiger partial charge in [-0.05, 0) is 99.1 Å². The summed E-state index contributed by atoms with van der Waals surface area (Å²) in [5.41, 5.74) is 5.11. The Kier molecular flexibility index (Phi) is 4.09. The zero-order valence-electron chi connectivity index (χ0n) is 19.6. The predicted octanol–water partition coefficient (Wildman–Crippen LogP) is 3.94. The summed E-state index contributed by atoms with van der Waals surface area (Å²) >= 11 is 0.